The Kier molecular flexibility index (Phi) is 3.59. The van der Waals surface area contributed by atoms with E-state index in [9.17, 15) is 0 Å². The second-order valence-electron chi connectivity index (χ2n) is 3.48. The van der Waals surface area contributed by atoms with Gasteiger partial charge in [0.15, 0.2) is 0 Å². The predicted octanol–water partition coefficient (Wildman–Crippen LogP) is 3.22. The summed E-state index contributed by atoms with van der Waals surface area (Å²) in [5.41, 5.74) is 2.22. The zero-order chi connectivity index (χ0) is 12.1. The van der Waals surface area contributed by atoms with E-state index >= 15 is 0 Å². The fourth-order valence-electron chi connectivity index (χ4n) is 1.45. The van der Waals surface area contributed by atoms with Crippen LogP contribution in [0.1, 0.15) is 11.3 Å². The van der Waals surface area contributed by atoms with Crippen molar-refractivity contribution < 1.29 is 0 Å². The number of pyridine rings is 1. The summed E-state index contributed by atoms with van der Waals surface area (Å²) in [5.74, 6) is 0. The van der Waals surface area contributed by atoms with Crippen LogP contribution in [-0.2, 0) is 6.54 Å². The Labute approximate surface area is 105 Å². The summed E-state index contributed by atoms with van der Waals surface area (Å²) in [7, 11) is 0. The molecule has 0 bridgehead atoms. The van der Waals surface area contributed by atoms with Gasteiger partial charge in [0, 0.05) is 11.2 Å². The van der Waals surface area contributed by atoms with E-state index in [4.69, 9.17) is 16.9 Å². The normalized spacial score (nSPS) is 9.65. The lowest BCUT2D eigenvalue weighted by atomic mass is 10.2. The van der Waals surface area contributed by atoms with Gasteiger partial charge in [0.1, 0.15) is 6.07 Å². The fraction of sp³-hybridized carbons (Fsp3) is 0.0769. The smallest absolute Gasteiger partial charge is 0.101 e. The summed E-state index contributed by atoms with van der Waals surface area (Å²) >= 11 is 5.89. The van der Waals surface area contributed by atoms with E-state index in [2.05, 4.69) is 16.4 Å². The highest BCUT2D eigenvalue weighted by molar-refractivity contribution is 6.30. The third-order valence-corrected chi connectivity index (χ3v) is 2.52. The first-order valence-electron chi connectivity index (χ1n) is 5.13. The van der Waals surface area contributed by atoms with Crippen molar-refractivity contribution in [3.05, 3.63) is 58.9 Å². The third-order valence-electron chi connectivity index (χ3n) is 2.29. The molecule has 3 nitrogen and oxygen atoms in total. The van der Waals surface area contributed by atoms with Crippen LogP contribution >= 0.6 is 11.6 Å². The first kappa shape index (κ1) is 11.4. The van der Waals surface area contributed by atoms with Crippen LogP contribution in [0.3, 0.4) is 0 Å². The van der Waals surface area contributed by atoms with Crippen LogP contribution in [0.15, 0.2) is 42.6 Å². The number of nitrogens with one attached hydrogen (secondary N) is 1. The molecule has 2 rings (SSSR count). The molecule has 0 fully saturated rings. The van der Waals surface area contributed by atoms with Gasteiger partial charge in [0.2, 0.25) is 0 Å². The molecule has 1 aromatic heterocycles. The number of rotatable bonds is 3. The average Bonchev–Trinajstić information content (AvgIpc) is 2.38. The lowest BCUT2D eigenvalue weighted by Gasteiger charge is -2.07. The van der Waals surface area contributed by atoms with E-state index in [1.807, 2.05) is 18.2 Å². The van der Waals surface area contributed by atoms with Crippen LogP contribution in [0.2, 0.25) is 5.02 Å². The van der Waals surface area contributed by atoms with Crippen LogP contribution in [0.25, 0.3) is 0 Å². The second kappa shape index (κ2) is 5.33. The van der Waals surface area contributed by atoms with Gasteiger partial charge in [-0.05, 0) is 30.3 Å². The Morgan fingerprint density at radius 2 is 2.18 bits per heavy atom. The minimum absolute atomic E-state index is 0.565. The number of halogens is 1. The van der Waals surface area contributed by atoms with Crippen molar-refractivity contribution in [3.63, 3.8) is 0 Å². The SMILES string of the molecule is N#Cc1ccc(Cl)cc1NCc1ccccn1. The summed E-state index contributed by atoms with van der Waals surface area (Å²) in [6, 6.07) is 13.0. The van der Waals surface area contributed by atoms with Crippen molar-refractivity contribution in [3.8, 4) is 6.07 Å². The number of nitriles is 1. The van der Waals surface area contributed by atoms with Crippen LogP contribution < -0.4 is 5.32 Å². The van der Waals surface area contributed by atoms with Gasteiger partial charge in [0.05, 0.1) is 23.5 Å². The van der Waals surface area contributed by atoms with Crippen LogP contribution in [0, 0.1) is 11.3 Å². The molecule has 2 aromatic rings. The number of hydrogen-bond donors (Lipinski definition) is 1. The lowest BCUT2D eigenvalue weighted by molar-refractivity contribution is 1.04. The summed E-state index contributed by atoms with van der Waals surface area (Å²) < 4.78 is 0. The van der Waals surface area contributed by atoms with Gasteiger partial charge < -0.3 is 5.32 Å². The first-order chi connectivity index (χ1) is 8.29. The van der Waals surface area contributed by atoms with Crippen LogP contribution in [-0.4, -0.2) is 4.98 Å². The Bertz CT molecular complexity index is 546. The maximum absolute atomic E-state index is 8.96. The number of aromatic nitrogens is 1. The highest BCUT2D eigenvalue weighted by Gasteiger charge is 2.02. The molecule has 0 unspecified atom stereocenters. The molecule has 0 saturated heterocycles. The Balaban J connectivity index is 2.14. The zero-order valence-electron chi connectivity index (χ0n) is 9.02. The van der Waals surface area contributed by atoms with Gasteiger partial charge in [-0.1, -0.05) is 17.7 Å². The van der Waals surface area contributed by atoms with Crippen molar-refractivity contribution in [1.82, 2.24) is 4.98 Å². The molecule has 0 aliphatic heterocycles. The number of benzene rings is 1. The summed E-state index contributed by atoms with van der Waals surface area (Å²) in [6.45, 7) is 0.565. The summed E-state index contributed by atoms with van der Waals surface area (Å²) in [5, 5.41) is 12.7. The molecule has 0 aliphatic carbocycles. The molecular formula is C13H10ClN3. The van der Waals surface area contributed by atoms with E-state index in [-0.39, 0.29) is 0 Å². The van der Waals surface area contributed by atoms with E-state index in [0.29, 0.717) is 17.1 Å². The van der Waals surface area contributed by atoms with Crippen LogP contribution in [0.4, 0.5) is 5.69 Å². The number of hydrogen-bond acceptors (Lipinski definition) is 3. The topological polar surface area (TPSA) is 48.7 Å². The quantitative estimate of drug-likeness (QED) is 0.901. The number of anilines is 1. The maximum atomic E-state index is 8.96. The molecule has 0 atom stereocenters. The predicted molar refractivity (Wildman–Crippen MR) is 67.7 cm³/mol. The fourth-order valence-corrected chi connectivity index (χ4v) is 1.62. The van der Waals surface area contributed by atoms with Gasteiger partial charge in [-0.2, -0.15) is 5.26 Å². The van der Waals surface area contributed by atoms with Crippen molar-refractivity contribution in [2.24, 2.45) is 0 Å². The molecule has 17 heavy (non-hydrogen) atoms. The Morgan fingerprint density at radius 1 is 1.29 bits per heavy atom. The summed E-state index contributed by atoms with van der Waals surface area (Å²) in [6.07, 6.45) is 1.74. The van der Waals surface area contributed by atoms with Crippen molar-refractivity contribution >= 4 is 17.3 Å². The molecule has 0 radical (unpaired) electrons. The van der Waals surface area contributed by atoms with Crippen molar-refractivity contribution in [2.45, 2.75) is 6.54 Å². The van der Waals surface area contributed by atoms with E-state index in [1.54, 1.807) is 24.4 Å². The molecule has 4 heteroatoms. The molecule has 84 valence electrons. The third kappa shape index (κ3) is 2.96. The van der Waals surface area contributed by atoms with Gasteiger partial charge in [0.25, 0.3) is 0 Å². The highest BCUT2D eigenvalue weighted by Crippen LogP contribution is 2.20. The largest absolute Gasteiger partial charge is 0.378 e. The molecule has 0 saturated carbocycles. The van der Waals surface area contributed by atoms with Crippen molar-refractivity contribution in [2.75, 3.05) is 5.32 Å². The molecule has 0 aliphatic rings. The summed E-state index contributed by atoms with van der Waals surface area (Å²) in [4.78, 5) is 4.19. The standard InChI is InChI=1S/C13H10ClN3/c14-11-5-4-10(8-15)13(7-11)17-9-12-3-1-2-6-16-12/h1-7,17H,9H2. The van der Waals surface area contributed by atoms with E-state index in [1.165, 1.54) is 0 Å². The minimum Gasteiger partial charge on any atom is -0.378 e. The highest BCUT2D eigenvalue weighted by atomic mass is 35.5. The van der Waals surface area contributed by atoms with Crippen LogP contribution in [0.5, 0.6) is 0 Å². The molecule has 0 amide bonds. The van der Waals surface area contributed by atoms with Crippen molar-refractivity contribution in [1.29, 1.82) is 5.26 Å². The molecular weight excluding hydrogens is 234 g/mol. The second-order valence-corrected chi connectivity index (χ2v) is 3.91. The Hall–Kier alpha value is -2.05. The molecule has 1 N–H and O–H groups in total. The number of nitrogens with zero attached hydrogens (tertiary/aromatic N) is 2. The monoisotopic (exact) mass is 243 g/mol. The van der Waals surface area contributed by atoms with Gasteiger partial charge in [-0.3, -0.25) is 4.98 Å². The molecule has 1 heterocycles. The van der Waals surface area contributed by atoms with Gasteiger partial charge in [-0.25, -0.2) is 0 Å². The Morgan fingerprint density at radius 3 is 2.88 bits per heavy atom. The average molecular weight is 244 g/mol. The van der Waals surface area contributed by atoms with Gasteiger partial charge in [-0.15, -0.1) is 0 Å². The lowest BCUT2D eigenvalue weighted by Crippen LogP contribution is -2.02. The zero-order valence-corrected chi connectivity index (χ0v) is 9.78. The molecule has 0 spiro atoms. The minimum atomic E-state index is 0.565. The first-order valence-corrected chi connectivity index (χ1v) is 5.51. The molecule has 1 aromatic carbocycles. The van der Waals surface area contributed by atoms with E-state index in [0.717, 1.165) is 11.4 Å². The van der Waals surface area contributed by atoms with Gasteiger partial charge >= 0.3 is 0 Å². The maximum Gasteiger partial charge on any atom is 0.101 e. The van der Waals surface area contributed by atoms with E-state index < -0.39 is 0 Å².